The first-order valence-corrected chi connectivity index (χ1v) is 19.3. The molecule has 0 saturated carbocycles. The lowest BCUT2D eigenvalue weighted by atomic mass is 9.92. The lowest BCUT2D eigenvalue weighted by Gasteiger charge is -2.28. The van der Waals surface area contributed by atoms with Crippen molar-refractivity contribution in [2.45, 2.75) is 20.0 Å². The number of ether oxygens (including phenoxy) is 1. The Hall–Kier alpha value is -6.78. The molecule has 2 aliphatic rings. The summed E-state index contributed by atoms with van der Waals surface area (Å²) in [6.45, 7) is 3.09. The van der Waals surface area contributed by atoms with E-state index >= 15 is 0 Å². The molecule has 10 heteroatoms. The van der Waals surface area contributed by atoms with E-state index in [9.17, 15) is 19.2 Å². The van der Waals surface area contributed by atoms with Gasteiger partial charge in [-0.2, -0.15) is 11.3 Å². The van der Waals surface area contributed by atoms with Gasteiger partial charge in [-0.1, -0.05) is 72.8 Å². The number of methoxy groups -OCH3 is 1. The number of hydrogen-bond acceptors (Lipinski definition) is 7. The Balaban J connectivity index is 1.03. The van der Waals surface area contributed by atoms with Gasteiger partial charge in [-0.25, -0.2) is 0 Å². The second-order valence-electron chi connectivity index (χ2n) is 13.9. The summed E-state index contributed by atoms with van der Waals surface area (Å²) in [5.74, 6) is -0.767. The number of rotatable bonds is 11. The van der Waals surface area contributed by atoms with Crippen LogP contribution < -0.4 is 10.1 Å². The highest BCUT2D eigenvalue weighted by molar-refractivity contribution is 7.08. The number of nitrogens with one attached hydrogen (secondary N) is 1. The first kappa shape index (κ1) is 35.0. The van der Waals surface area contributed by atoms with Crippen molar-refractivity contribution < 1.29 is 23.9 Å². The fraction of sp³-hybridized carbons (Fsp3) is 0.130. The topological polar surface area (TPSA) is 101 Å². The maximum absolute atomic E-state index is 14.7. The molecular formula is C46H36N4O5S. The number of fused-ring (bicyclic) bond motifs is 1. The molecule has 7 aromatic rings. The van der Waals surface area contributed by atoms with Gasteiger partial charge in [-0.15, -0.1) is 0 Å². The predicted octanol–water partition coefficient (Wildman–Crippen LogP) is 8.41. The van der Waals surface area contributed by atoms with Crippen molar-refractivity contribution in [3.63, 3.8) is 0 Å². The molecule has 4 heterocycles. The minimum atomic E-state index is -0.366. The minimum absolute atomic E-state index is 0.0888. The van der Waals surface area contributed by atoms with Gasteiger partial charge in [0, 0.05) is 69.4 Å². The molecule has 276 valence electrons. The highest BCUT2D eigenvalue weighted by atomic mass is 32.1. The number of carbonyl (C=O) groups is 4. The van der Waals surface area contributed by atoms with Gasteiger partial charge in [-0.05, 0) is 76.8 Å². The Morgan fingerprint density at radius 2 is 1.36 bits per heavy atom. The van der Waals surface area contributed by atoms with Crippen LogP contribution in [0.1, 0.15) is 48.7 Å². The maximum Gasteiger partial charge on any atom is 0.262 e. The number of anilines is 1. The third-order valence-corrected chi connectivity index (χ3v) is 11.5. The van der Waals surface area contributed by atoms with Crippen LogP contribution in [0.2, 0.25) is 0 Å². The highest BCUT2D eigenvalue weighted by Gasteiger charge is 2.41. The number of nitrogens with zero attached hydrogens (tertiary/aromatic N) is 3. The summed E-state index contributed by atoms with van der Waals surface area (Å²) in [5, 5.41) is 9.36. The summed E-state index contributed by atoms with van der Waals surface area (Å²) >= 11 is 1.47. The van der Waals surface area contributed by atoms with E-state index in [1.807, 2.05) is 109 Å². The molecule has 0 saturated heterocycles. The van der Waals surface area contributed by atoms with Crippen LogP contribution in [0.25, 0.3) is 32.8 Å². The third kappa shape index (κ3) is 5.77. The molecule has 0 spiro atoms. The summed E-state index contributed by atoms with van der Waals surface area (Å²) in [6.07, 6.45) is 0. The van der Waals surface area contributed by atoms with Gasteiger partial charge in [-0.3, -0.25) is 29.0 Å². The second-order valence-corrected chi connectivity index (χ2v) is 14.7. The van der Waals surface area contributed by atoms with Crippen molar-refractivity contribution in [2.24, 2.45) is 0 Å². The lowest BCUT2D eigenvalue weighted by Crippen LogP contribution is -2.39. The monoisotopic (exact) mass is 756 g/mol. The predicted molar refractivity (Wildman–Crippen MR) is 220 cm³/mol. The zero-order valence-electron chi connectivity index (χ0n) is 30.7. The van der Waals surface area contributed by atoms with Crippen LogP contribution >= 0.6 is 11.3 Å². The summed E-state index contributed by atoms with van der Waals surface area (Å²) in [5.41, 5.74) is 7.53. The average molecular weight is 757 g/mol. The number of imide groups is 2. The third-order valence-electron chi connectivity index (χ3n) is 10.8. The molecule has 56 heavy (non-hydrogen) atoms. The van der Waals surface area contributed by atoms with Gasteiger partial charge in [0.2, 0.25) is 0 Å². The standard InChI is InChI=1S/C46H36N4O5S/c1-28-39(36-24-32(55-2)16-19-38(36)49(28)25-29-10-5-3-6-11-29)42-40(31-20-23-56-27-31)45(53)48(46(42)54)22-21-47-37-18-17-35-41-33(37)14-9-15-34(41)43(51)50(44(35)52)26-30-12-7-4-8-13-30/h3-20,23-24,27,47H,21-22,25-26H2,1-2H3. The Morgan fingerprint density at radius 3 is 2.05 bits per heavy atom. The van der Waals surface area contributed by atoms with Crippen molar-refractivity contribution >= 4 is 73.5 Å². The number of benzene rings is 5. The van der Waals surface area contributed by atoms with E-state index in [0.29, 0.717) is 62.2 Å². The molecule has 0 atom stereocenters. The van der Waals surface area contributed by atoms with Crippen molar-refractivity contribution in [2.75, 3.05) is 25.5 Å². The highest BCUT2D eigenvalue weighted by Crippen LogP contribution is 2.43. The van der Waals surface area contributed by atoms with E-state index in [-0.39, 0.29) is 43.3 Å². The molecule has 0 bridgehead atoms. The summed E-state index contributed by atoms with van der Waals surface area (Å²) in [6, 6.07) is 36.3. The maximum atomic E-state index is 14.7. The zero-order chi connectivity index (χ0) is 38.5. The van der Waals surface area contributed by atoms with E-state index in [4.69, 9.17) is 4.74 Å². The average Bonchev–Trinajstić information content (AvgIpc) is 3.91. The smallest absolute Gasteiger partial charge is 0.262 e. The molecule has 9 nitrogen and oxygen atoms in total. The second kappa shape index (κ2) is 14.1. The number of hydrogen-bond donors (Lipinski definition) is 1. The Labute approximate surface area is 327 Å². The molecule has 4 amide bonds. The van der Waals surface area contributed by atoms with E-state index in [1.165, 1.54) is 21.1 Å². The normalized spacial score (nSPS) is 14.2. The van der Waals surface area contributed by atoms with Gasteiger partial charge < -0.3 is 14.6 Å². The van der Waals surface area contributed by atoms with E-state index in [2.05, 4.69) is 22.0 Å². The van der Waals surface area contributed by atoms with E-state index in [0.717, 1.165) is 27.7 Å². The molecule has 0 radical (unpaired) electrons. The molecule has 0 fully saturated rings. The molecule has 2 aliphatic heterocycles. The van der Waals surface area contributed by atoms with Gasteiger partial charge in [0.25, 0.3) is 23.6 Å². The van der Waals surface area contributed by atoms with Crippen LogP contribution in [0.3, 0.4) is 0 Å². The van der Waals surface area contributed by atoms with Crippen molar-refractivity contribution in [3.05, 3.63) is 165 Å². The van der Waals surface area contributed by atoms with E-state index in [1.54, 1.807) is 19.2 Å². The fourth-order valence-corrected chi connectivity index (χ4v) is 8.72. The van der Waals surface area contributed by atoms with Crippen LogP contribution in [0, 0.1) is 6.92 Å². The minimum Gasteiger partial charge on any atom is -0.497 e. The summed E-state index contributed by atoms with van der Waals surface area (Å²) in [4.78, 5) is 59.1. The van der Waals surface area contributed by atoms with Crippen LogP contribution in [-0.4, -0.2) is 58.2 Å². The number of thiophene rings is 1. The van der Waals surface area contributed by atoms with Crippen LogP contribution in [0.5, 0.6) is 5.75 Å². The summed E-state index contributed by atoms with van der Waals surface area (Å²) < 4.78 is 7.82. The number of aromatic nitrogens is 1. The molecule has 2 aromatic heterocycles. The van der Waals surface area contributed by atoms with Gasteiger partial charge in [0.1, 0.15) is 5.75 Å². The molecule has 0 unspecified atom stereocenters. The first-order chi connectivity index (χ1) is 27.3. The Morgan fingerprint density at radius 1 is 0.661 bits per heavy atom. The lowest BCUT2D eigenvalue weighted by molar-refractivity contribution is -0.135. The first-order valence-electron chi connectivity index (χ1n) is 18.4. The summed E-state index contributed by atoms with van der Waals surface area (Å²) in [7, 11) is 1.61. The van der Waals surface area contributed by atoms with Gasteiger partial charge in [0.15, 0.2) is 0 Å². The van der Waals surface area contributed by atoms with Gasteiger partial charge in [0.05, 0.1) is 24.8 Å². The largest absolute Gasteiger partial charge is 0.497 e. The quantitative estimate of drug-likeness (QED) is 0.133. The SMILES string of the molecule is COc1ccc2c(c1)c(C1=C(c3ccsc3)C(=O)N(CCNc3ccc4c5c(cccc35)C(=O)N(Cc3ccccc3)C4=O)C1=O)c(C)n2Cc1ccccc1. The molecular weight excluding hydrogens is 721 g/mol. The molecule has 1 N–H and O–H groups in total. The van der Waals surface area contributed by atoms with E-state index < -0.39 is 0 Å². The van der Waals surface area contributed by atoms with Crippen LogP contribution in [-0.2, 0) is 22.7 Å². The van der Waals surface area contributed by atoms with Crippen LogP contribution in [0.15, 0.2) is 126 Å². The fourth-order valence-electron chi connectivity index (χ4n) is 8.07. The number of amides is 4. The Bertz CT molecular complexity index is 2730. The zero-order valence-corrected chi connectivity index (χ0v) is 31.6. The van der Waals surface area contributed by atoms with Crippen molar-refractivity contribution in [1.82, 2.24) is 14.4 Å². The Kier molecular flexibility index (Phi) is 8.82. The molecule has 5 aromatic carbocycles. The van der Waals surface area contributed by atoms with Crippen molar-refractivity contribution in [1.29, 1.82) is 0 Å². The van der Waals surface area contributed by atoms with Gasteiger partial charge >= 0.3 is 0 Å². The molecule has 9 rings (SSSR count). The number of carbonyl (C=O) groups excluding carboxylic acids is 4. The van der Waals surface area contributed by atoms with Crippen LogP contribution in [0.4, 0.5) is 5.69 Å². The molecule has 0 aliphatic carbocycles. The van der Waals surface area contributed by atoms with Crippen molar-refractivity contribution in [3.8, 4) is 5.75 Å².